The lowest BCUT2D eigenvalue weighted by Crippen LogP contribution is -2.35. The average Bonchev–Trinajstić information content (AvgIpc) is 2.75. The van der Waals surface area contributed by atoms with Gasteiger partial charge in [0.2, 0.25) is 0 Å². The highest BCUT2D eigenvalue weighted by molar-refractivity contribution is 5.80. The van der Waals surface area contributed by atoms with Gasteiger partial charge in [-0.25, -0.2) is 0 Å². The number of nitrogens with zero attached hydrogens (tertiary/aromatic N) is 2. The summed E-state index contributed by atoms with van der Waals surface area (Å²) >= 11 is 0. The Morgan fingerprint density at radius 2 is 1.76 bits per heavy atom. The van der Waals surface area contributed by atoms with Crippen molar-refractivity contribution in [3.8, 4) is 11.8 Å². The third-order valence-electron chi connectivity index (χ3n) is 5.44. The zero-order valence-electron chi connectivity index (χ0n) is 17.2. The number of rotatable bonds is 7. The van der Waals surface area contributed by atoms with Crippen LogP contribution in [0.2, 0.25) is 0 Å². The molecule has 1 saturated heterocycles. The van der Waals surface area contributed by atoms with Crippen molar-refractivity contribution in [3.05, 3.63) is 65.2 Å². The maximum absolute atomic E-state index is 12.3. The first kappa shape index (κ1) is 20.9. The van der Waals surface area contributed by atoms with Crippen molar-refractivity contribution in [3.63, 3.8) is 0 Å². The topological polar surface area (TPSA) is 65.4 Å². The zero-order chi connectivity index (χ0) is 20.6. The van der Waals surface area contributed by atoms with Gasteiger partial charge in [-0.1, -0.05) is 31.2 Å². The predicted molar refractivity (Wildman–Crippen MR) is 113 cm³/mol. The van der Waals surface area contributed by atoms with E-state index in [1.165, 1.54) is 31.5 Å². The third kappa shape index (κ3) is 6.33. The Hall–Kier alpha value is -2.84. The summed E-state index contributed by atoms with van der Waals surface area (Å²) in [6.07, 6.45) is 1.96. The number of nitrogens with one attached hydrogen (secondary N) is 1. The largest absolute Gasteiger partial charge is 0.481 e. The summed E-state index contributed by atoms with van der Waals surface area (Å²) < 4.78 is 5.65. The number of ether oxygens (including phenoxy) is 1. The molecule has 1 heterocycles. The standard InChI is InChI=1S/C24H29N3O2/c1-18-11-13-27(14-12-18)17-22-5-3-21(4-6-22)16-26-24(28)19(2)29-23-9-7-20(15-25)8-10-23/h3-10,18-19H,11-14,16-17H2,1-2H3,(H,26,28). The van der Waals surface area contributed by atoms with E-state index < -0.39 is 6.10 Å². The zero-order valence-corrected chi connectivity index (χ0v) is 17.2. The van der Waals surface area contributed by atoms with Crippen LogP contribution in [0.3, 0.4) is 0 Å². The van der Waals surface area contributed by atoms with Gasteiger partial charge in [-0.15, -0.1) is 0 Å². The van der Waals surface area contributed by atoms with E-state index in [0.29, 0.717) is 17.9 Å². The molecule has 1 fully saturated rings. The fourth-order valence-corrected chi connectivity index (χ4v) is 3.44. The van der Waals surface area contributed by atoms with E-state index in [1.54, 1.807) is 31.2 Å². The van der Waals surface area contributed by atoms with E-state index in [-0.39, 0.29) is 5.91 Å². The lowest BCUT2D eigenvalue weighted by molar-refractivity contribution is -0.127. The summed E-state index contributed by atoms with van der Waals surface area (Å²) in [4.78, 5) is 14.8. The molecule has 2 aromatic rings. The molecule has 0 spiro atoms. The van der Waals surface area contributed by atoms with Gasteiger partial charge in [-0.3, -0.25) is 9.69 Å². The molecule has 1 amide bonds. The molecule has 1 unspecified atom stereocenters. The van der Waals surface area contributed by atoms with Crippen LogP contribution in [-0.4, -0.2) is 30.0 Å². The Morgan fingerprint density at radius 3 is 2.38 bits per heavy atom. The van der Waals surface area contributed by atoms with Gasteiger partial charge in [0.25, 0.3) is 5.91 Å². The highest BCUT2D eigenvalue weighted by Crippen LogP contribution is 2.18. The molecule has 1 aliphatic heterocycles. The third-order valence-corrected chi connectivity index (χ3v) is 5.44. The molecule has 5 heteroatoms. The smallest absolute Gasteiger partial charge is 0.261 e. The van der Waals surface area contributed by atoms with Crippen LogP contribution >= 0.6 is 0 Å². The first-order valence-electron chi connectivity index (χ1n) is 10.3. The van der Waals surface area contributed by atoms with Gasteiger partial charge < -0.3 is 10.1 Å². The lowest BCUT2D eigenvalue weighted by atomic mass is 9.99. The van der Waals surface area contributed by atoms with Gasteiger partial charge in [-0.2, -0.15) is 5.26 Å². The Balaban J connectivity index is 1.43. The van der Waals surface area contributed by atoms with Crippen LogP contribution in [0.1, 0.15) is 43.4 Å². The minimum Gasteiger partial charge on any atom is -0.481 e. The summed E-state index contributed by atoms with van der Waals surface area (Å²) in [5.41, 5.74) is 2.94. The normalized spacial score (nSPS) is 16.0. The average molecular weight is 392 g/mol. The molecule has 5 nitrogen and oxygen atoms in total. The van der Waals surface area contributed by atoms with Crippen LogP contribution in [0.15, 0.2) is 48.5 Å². The summed E-state index contributed by atoms with van der Waals surface area (Å²) in [5.74, 6) is 1.25. The van der Waals surface area contributed by atoms with Crippen molar-refractivity contribution in [2.24, 2.45) is 5.92 Å². The first-order valence-corrected chi connectivity index (χ1v) is 10.3. The van der Waals surface area contributed by atoms with Gasteiger partial charge in [0.1, 0.15) is 5.75 Å². The molecular formula is C24H29N3O2. The molecule has 2 aromatic carbocycles. The summed E-state index contributed by atoms with van der Waals surface area (Å²) in [6.45, 7) is 7.87. The number of carbonyl (C=O) groups is 1. The van der Waals surface area contributed by atoms with E-state index >= 15 is 0 Å². The maximum Gasteiger partial charge on any atom is 0.261 e. The van der Waals surface area contributed by atoms with Crippen molar-refractivity contribution < 1.29 is 9.53 Å². The molecule has 0 radical (unpaired) electrons. The molecule has 1 aliphatic rings. The second-order valence-electron chi connectivity index (χ2n) is 7.89. The van der Waals surface area contributed by atoms with Crippen LogP contribution in [0.25, 0.3) is 0 Å². The SMILES string of the molecule is CC1CCN(Cc2ccc(CNC(=O)C(C)Oc3ccc(C#N)cc3)cc2)CC1. The fraction of sp³-hybridized carbons (Fsp3) is 0.417. The van der Waals surface area contributed by atoms with Crippen LogP contribution in [0.5, 0.6) is 5.75 Å². The minimum absolute atomic E-state index is 0.166. The Bertz CT molecular complexity index is 832. The Labute approximate surface area is 173 Å². The molecule has 0 bridgehead atoms. The van der Waals surface area contributed by atoms with Crippen molar-refractivity contribution in [1.82, 2.24) is 10.2 Å². The van der Waals surface area contributed by atoms with Gasteiger partial charge in [-0.05, 0) is 74.2 Å². The van der Waals surface area contributed by atoms with Crippen molar-refractivity contribution in [2.75, 3.05) is 13.1 Å². The van der Waals surface area contributed by atoms with Crippen LogP contribution < -0.4 is 10.1 Å². The predicted octanol–water partition coefficient (Wildman–Crippen LogP) is 3.87. The van der Waals surface area contributed by atoms with Crippen LogP contribution in [0.4, 0.5) is 0 Å². The second-order valence-corrected chi connectivity index (χ2v) is 7.89. The number of carbonyl (C=O) groups excluding carboxylic acids is 1. The molecule has 29 heavy (non-hydrogen) atoms. The van der Waals surface area contributed by atoms with Crippen molar-refractivity contribution in [2.45, 2.75) is 45.9 Å². The Morgan fingerprint density at radius 1 is 1.14 bits per heavy atom. The van der Waals surface area contributed by atoms with Crippen LogP contribution in [0, 0.1) is 17.2 Å². The quantitative estimate of drug-likeness (QED) is 0.778. The number of amides is 1. The molecule has 0 saturated carbocycles. The Kier molecular flexibility index (Phi) is 7.26. The first-order chi connectivity index (χ1) is 14.0. The molecule has 152 valence electrons. The number of hydrogen-bond acceptors (Lipinski definition) is 4. The van der Waals surface area contributed by atoms with E-state index in [9.17, 15) is 4.79 Å². The molecule has 1 atom stereocenters. The number of likely N-dealkylation sites (tertiary alicyclic amines) is 1. The van der Waals surface area contributed by atoms with Gasteiger partial charge in [0.15, 0.2) is 6.10 Å². The molecule has 0 aromatic heterocycles. The minimum atomic E-state index is -0.608. The number of hydrogen-bond donors (Lipinski definition) is 1. The van der Waals surface area contributed by atoms with E-state index in [4.69, 9.17) is 10.00 Å². The molecule has 0 aliphatic carbocycles. The second kappa shape index (κ2) is 10.1. The lowest BCUT2D eigenvalue weighted by Gasteiger charge is -2.30. The van der Waals surface area contributed by atoms with Crippen molar-refractivity contribution >= 4 is 5.91 Å². The molecule has 1 N–H and O–H groups in total. The van der Waals surface area contributed by atoms with Crippen molar-refractivity contribution in [1.29, 1.82) is 5.26 Å². The summed E-state index contributed by atoms with van der Waals surface area (Å²) in [5, 5.41) is 11.7. The summed E-state index contributed by atoms with van der Waals surface area (Å²) in [7, 11) is 0. The van der Waals surface area contributed by atoms with Gasteiger partial charge in [0.05, 0.1) is 11.6 Å². The van der Waals surface area contributed by atoms with Gasteiger partial charge in [0, 0.05) is 13.1 Å². The van der Waals surface area contributed by atoms with Gasteiger partial charge >= 0.3 is 0 Å². The summed E-state index contributed by atoms with van der Waals surface area (Å²) in [6, 6.07) is 17.3. The molecule has 3 rings (SSSR count). The molecular weight excluding hydrogens is 362 g/mol. The fourth-order valence-electron chi connectivity index (χ4n) is 3.44. The highest BCUT2D eigenvalue weighted by atomic mass is 16.5. The van der Waals surface area contributed by atoms with E-state index in [1.807, 2.05) is 0 Å². The van der Waals surface area contributed by atoms with E-state index in [0.717, 1.165) is 18.0 Å². The van der Waals surface area contributed by atoms with E-state index in [2.05, 4.69) is 47.5 Å². The number of nitriles is 1. The highest BCUT2D eigenvalue weighted by Gasteiger charge is 2.16. The van der Waals surface area contributed by atoms with Crippen LogP contribution in [-0.2, 0) is 17.9 Å². The maximum atomic E-state index is 12.3. The number of piperidine rings is 1. The monoisotopic (exact) mass is 391 g/mol. The number of benzene rings is 2.